The van der Waals surface area contributed by atoms with E-state index in [1.807, 2.05) is 18.2 Å². The molecule has 2 aromatic rings. The maximum atomic E-state index is 14.3. The summed E-state index contributed by atoms with van der Waals surface area (Å²) in [6, 6.07) is -1.65. The zero-order valence-electron chi connectivity index (χ0n) is 30.3. The van der Waals surface area contributed by atoms with E-state index in [2.05, 4.69) is 36.9 Å². The van der Waals surface area contributed by atoms with E-state index in [0.29, 0.717) is 34.3 Å². The van der Waals surface area contributed by atoms with Crippen molar-refractivity contribution in [3.8, 4) is 0 Å². The Morgan fingerprint density at radius 3 is 2.15 bits per heavy atom. The third-order valence-corrected chi connectivity index (χ3v) is 10.7. The van der Waals surface area contributed by atoms with Crippen LogP contribution in [0.15, 0.2) is 29.3 Å². The molecular weight excluding hydrogens is 708 g/mol. The second kappa shape index (κ2) is 16.1. The highest BCUT2D eigenvalue weighted by Gasteiger charge is 2.41. The van der Waals surface area contributed by atoms with Crippen molar-refractivity contribution in [1.29, 1.82) is 0 Å². The summed E-state index contributed by atoms with van der Waals surface area (Å²) in [7, 11) is 0. The molecule has 0 saturated carbocycles. The lowest BCUT2D eigenvalue weighted by Gasteiger charge is -2.31. The van der Waals surface area contributed by atoms with Crippen molar-refractivity contribution in [3.63, 3.8) is 0 Å². The first-order valence-corrected chi connectivity index (χ1v) is 18.7. The van der Waals surface area contributed by atoms with Gasteiger partial charge in [0.2, 0.25) is 41.4 Å². The number of aliphatic hydroxyl groups is 2. The molecule has 0 spiro atoms. The van der Waals surface area contributed by atoms with Crippen LogP contribution >= 0.6 is 11.8 Å². The van der Waals surface area contributed by atoms with Gasteiger partial charge in [0.15, 0.2) is 0 Å². The number of nitrogens with zero attached hydrogens (tertiary/aromatic N) is 1. The first-order chi connectivity index (χ1) is 24.9. The predicted octanol–water partition coefficient (Wildman–Crippen LogP) is -1.69. The number of hydrogen-bond acceptors (Lipinski definition) is 10. The Balaban J connectivity index is 1.68. The number of thioether (sulfide) groups is 1. The zero-order valence-corrected chi connectivity index (χ0v) is 31.1. The number of aliphatic hydroxyl groups excluding tert-OH is 1. The molecule has 53 heavy (non-hydrogen) atoms. The zero-order chi connectivity index (χ0) is 38.8. The van der Waals surface area contributed by atoms with Crippen LogP contribution in [-0.2, 0) is 40.0 Å². The van der Waals surface area contributed by atoms with Gasteiger partial charge < -0.3 is 52.0 Å². The molecule has 3 aliphatic heterocycles. The lowest BCUT2D eigenvalue weighted by Crippen LogP contribution is -2.61. The van der Waals surface area contributed by atoms with E-state index >= 15 is 0 Å². The maximum Gasteiger partial charge on any atom is 0.246 e. The summed E-state index contributed by atoms with van der Waals surface area (Å²) in [5.41, 5.74) is -0.179. The molecule has 7 amide bonds. The second-order valence-corrected chi connectivity index (χ2v) is 15.6. The Kier molecular flexibility index (Phi) is 12.0. The number of aromatic amines is 1. The van der Waals surface area contributed by atoms with Crippen molar-refractivity contribution in [2.45, 2.75) is 119 Å². The third-order valence-electron chi connectivity index (χ3n) is 9.57. The van der Waals surface area contributed by atoms with Gasteiger partial charge in [-0.3, -0.25) is 33.6 Å². The summed E-state index contributed by atoms with van der Waals surface area (Å²) in [6.07, 6.45) is -1.05. The monoisotopic (exact) mass is 756 g/mol. The van der Waals surface area contributed by atoms with Gasteiger partial charge in [-0.1, -0.05) is 18.2 Å². The molecule has 288 valence electrons. The quantitative estimate of drug-likeness (QED) is 0.172. The number of rotatable bonds is 3. The van der Waals surface area contributed by atoms with Crippen LogP contribution in [0.4, 0.5) is 0 Å². The normalized spacial score (nSPS) is 29.2. The Morgan fingerprint density at radius 1 is 0.830 bits per heavy atom. The molecule has 1 saturated heterocycles. The van der Waals surface area contributed by atoms with Gasteiger partial charge in [-0.15, -0.1) is 11.8 Å². The predicted molar refractivity (Wildman–Crippen MR) is 193 cm³/mol. The highest BCUT2D eigenvalue weighted by Crippen LogP contribution is 2.32. The molecule has 1 aromatic heterocycles. The lowest BCUT2D eigenvalue weighted by atomic mass is 9.97. The van der Waals surface area contributed by atoms with E-state index in [4.69, 9.17) is 0 Å². The van der Waals surface area contributed by atoms with Crippen molar-refractivity contribution in [2.24, 2.45) is 0 Å². The van der Waals surface area contributed by atoms with Crippen molar-refractivity contribution < 1.29 is 43.8 Å². The molecule has 2 bridgehead atoms. The molecule has 3 aliphatic rings. The van der Waals surface area contributed by atoms with Crippen LogP contribution in [0.25, 0.3) is 10.9 Å². The average Bonchev–Trinajstić information content (AvgIpc) is 3.71. The largest absolute Gasteiger partial charge is 0.391 e. The van der Waals surface area contributed by atoms with Crippen LogP contribution in [0.1, 0.15) is 59.4 Å². The Morgan fingerprint density at radius 2 is 1.47 bits per heavy atom. The molecule has 17 nitrogen and oxygen atoms in total. The highest BCUT2D eigenvalue weighted by atomic mass is 32.2. The SMILES string of the molecule is CC1NC(=O)C(CC(C)(C)O)NC(=O)C2Cc3c([nH]c4ccccc34)SCC(NC(=O)C(C(C)O)NC1=O)C(=O)N1CCCC1C(=O)NC(C)C(=O)N2. The summed E-state index contributed by atoms with van der Waals surface area (Å²) in [6.45, 7) is 7.15. The van der Waals surface area contributed by atoms with Crippen molar-refractivity contribution in [1.82, 2.24) is 41.8 Å². The number of carbonyl (C=O) groups excluding carboxylic acids is 7. The fourth-order valence-electron chi connectivity index (χ4n) is 6.74. The summed E-state index contributed by atoms with van der Waals surface area (Å²) in [5.74, 6) is -5.28. The van der Waals surface area contributed by atoms with Gasteiger partial charge in [-0.2, -0.15) is 0 Å². The van der Waals surface area contributed by atoms with Crippen molar-refractivity contribution in [3.05, 3.63) is 29.8 Å². The number of aromatic nitrogens is 1. The van der Waals surface area contributed by atoms with Gasteiger partial charge in [0.1, 0.15) is 42.3 Å². The Bertz CT molecular complexity index is 1770. The van der Waals surface area contributed by atoms with E-state index in [-0.39, 0.29) is 25.1 Å². The minimum atomic E-state index is -1.55. The molecule has 0 aliphatic carbocycles. The van der Waals surface area contributed by atoms with E-state index in [1.54, 1.807) is 6.07 Å². The van der Waals surface area contributed by atoms with Crippen LogP contribution in [0.2, 0.25) is 0 Å². The van der Waals surface area contributed by atoms with Crippen molar-refractivity contribution in [2.75, 3.05) is 12.3 Å². The van der Waals surface area contributed by atoms with Crippen LogP contribution < -0.4 is 31.9 Å². The first-order valence-electron chi connectivity index (χ1n) is 17.7. The first kappa shape index (κ1) is 39.5. The van der Waals surface area contributed by atoms with Crippen molar-refractivity contribution >= 4 is 64.0 Å². The van der Waals surface area contributed by atoms with Gasteiger partial charge in [-0.25, -0.2) is 0 Å². The van der Waals surface area contributed by atoms with E-state index < -0.39 is 95.3 Å². The molecule has 8 atom stereocenters. The van der Waals surface area contributed by atoms with Gasteiger partial charge in [0.05, 0.1) is 16.7 Å². The number of hydrogen-bond donors (Lipinski definition) is 9. The molecule has 9 N–H and O–H groups in total. The van der Waals surface area contributed by atoms with Crippen LogP contribution in [0, 0.1) is 0 Å². The maximum absolute atomic E-state index is 14.3. The summed E-state index contributed by atoms with van der Waals surface area (Å²) in [4.78, 5) is 101. The topological polar surface area (TPSA) is 251 Å². The lowest BCUT2D eigenvalue weighted by molar-refractivity contribution is -0.142. The highest BCUT2D eigenvalue weighted by molar-refractivity contribution is 7.99. The standard InChI is InChI=1S/C35H48N8O9S/c1-16-27(45)38-22-13-20-19-9-6-7-10-21(19)41-33(20)53-15-24(34(51)43-12-8-11-25(43)31(49)37-16)40-32(50)26(18(3)44)42-28(46)17(2)36-30(48)23(39-29(22)47)14-35(4,5)52/h6-7,9-10,16-18,22-26,41,44,52H,8,11-15H2,1-5H3,(H,36,48)(H,37,49)(H,38,45)(H,39,47)(H,40,50)(H,42,46). The molecule has 18 heteroatoms. The summed E-state index contributed by atoms with van der Waals surface area (Å²) < 4.78 is 0. The number of nitrogens with one attached hydrogen (secondary N) is 7. The number of H-pyrrole nitrogens is 1. The summed E-state index contributed by atoms with van der Waals surface area (Å²) >= 11 is 1.17. The molecule has 4 heterocycles. The summed E-state index contributed by atoms with van der Waals surface area (Å²) in [5, 5.41) is 38.3. The molecule has 0 radical (unpaired) electrons. The molecular formula is C35H48N8O9S. The van der Waals surface area contributed by atoms with Gasteiger partial charge in [0, 0.05) is 36.0 Å². The van der Waals surface area contributed by atoms with Crippen LogP contribution in [0.3, 0.4) is 0 Å². The van der Waals surface area contributed by atoms with Crippen LogP contribution in [0.5, 0.6) is 0 Å². The fourth-order valence-corrected chi connectivity index (χ4v) is 7.85. The van der Waals surface area contributed by atoms with Gasteiger partial charge >= 0.3 is 0 Å². The van der Waals surface area contributed by atoms with Crippen LogP contribution in [-0.4, -0.2) is 128 Å². The Hall–Kier alpha value is -4.68. The molecule has 5 rings (SSSR count). The third kappa shape index (κ3) is 9.28. The Labute approximate surface area is 310 Å². The number of para-hydroxylation sites is 1. The van der Waals surface area contributed by atoms with Gasteiger partial charge in [-0.05, 0) is 59.1 Å². The minimum absolute atomic E-state index is 0.0601. The molecule has 1 aromatic carbocycles. The number of benzene rings is 1. The molecule has 1 fully saturated rings. The second-order valence-electron chi connectivity index (χ2n) is 14.6. The minimum Gasteiger partial charge on any atom is -0.391 e. The molecule has 8 unspecified atom stereocenters. The average molecular weight is 757 g/mol. The number of amides is 7. The number of fused-ring (bicyclic) bond motifs is 5. The smallest absolute Gasteiger partial charge is 0.246 e. The van der Waals surface area contributed by atoms with E-state index in [0.717, 1.165) is 0 Å². The fraction of sp³-hybridized carbons (Fsp3) is 0.571. The van der Waals surface area contributed by atoms with E-state index in [9.17, 15) is 43.8 Å². The van der Waals surface area contributed by atoms with E-state index in [1.165, 1.54) is 51.3 Å². The number of carbonyl (C=O) groups is 7. The van der Waals surface area contributed by atoms with Gasteiger partial charge in [0.25, 0.3) is 0 Å².